The summed E-state index contributed by atoms with van der Waals surface area (Å²) in [6, 6.07) is 11.0. The third-order valence-corrected chi connectivity index (χ3v) is 3.38. The summed E-state index contributed by atoms with van der Waals surface area (Å²) in [5.41, 5.74) is 1.02. The van der Waals surface area contributed by atoms with Crippen molar-refractivity contribution in [1.29, 1.82) is 0 Å². The molecule has 6 heteroatoms. The Labute approximate surface area is 131 Å². The summed E-state index contributed by atoms with van der Waals surface area (Å²) in [5.74, 6) is 0.277. The van der Waals surface area contributed by atoms with Gasteiger partial charge in [-0.2, -0.15) is 0 Å². The normalized spacial score (nSPS) is 10.0. The van der Waals surface area contributed by atoms with Crippen molar-refractivity contribution in [3.63, 3.8) is 0 Å². The van der Waals surface area contributed by atoms with Crippen LogP contribution in [0.3, 0.4) is 0 Å². The number of ketones is 1. The first kappa shape index (κ1) is 15.4. The molecular formula is C15H11Cl2NO3. The molecule has 1 N–H and O–H groups in total. The summed E-state index contributed by atoms with van der Waals surface area (Å²) >= 11 is 11.6. The van der Waals surface area contributed by atoms with E-state index in [4.69, 9.17) is 27.9 Å². The Morgan fingerprint density at radius 1 is 1.00 bits per heavy atom. The molecule has 2 aromatic carbocycles. The monoisotopic (exact) mass is 323 g/mol. The van der Waals surface area contributed by atoms with Gasteiger partial charge in [-0.15, -0.1) is 0 Å². The Kier molecular flexibility index (Phi) is 4.83. The van der Waals surface area contributed by atoms with E-state index in [0.29, 0.717) is 27.0 Å². The number of amides is 1. The predicted octanol–water partition coefficient (Wildman–Crippen LogP) is 4.81. The maximum absolute atomic E-state index is 11.7. The fourth-order valence-corrected chi connectivity index (χ4v) is 1.88. The van der Waals surface area contributed by atoms with Crippen LogP contribution in [0.15, 0.2) is 42.5 Å². The molecule has 0 aliphatic carbocycles. The highest BCUT2D eigenvalue weighted by molar-refractivity contribution is 6.42. The largest absolute Gasteiger partial charge is 0.417 e. The predicted molar refractivity (Wildman–Crippen MR) is 82.6 cm³/mol. The lowest BCUT2D eigenvalue weighted by atomic mass is 10.1. The van der Waals surface area contributed by atoms with Gasteiger partial charge in [-0.1, -0.05) is 23.2 Å². The third kappa shape index (κ3) is 4.21. The quantitative estimate of drug-likeness (QED) is 0.825. The van der Waals surface area contributed by atoms with Crippen molar-refractivity contribution in [3.05, 3.63) is 58.1 Å². The number of halogens is 2. The lowest BCUT2D eigenvalue weighted by molar-refractivity contribution is 0.101. The van der Waals surface area contributed by atoms with Gasteiger partial charge in [0.25, 0.3) is 0 Å². The molecule has 108 valence electrons. The molecule has 4 nitrogen and oxygen atoms in total. The minimum absolute atomic E-state index is 0.0539. The van der Waals surface area contributed by atoms with Crippen molar-refractivity contribution in [2.75, 3.05) is 5.32 Å². The SMILES string of the molecule is CC(=O)c1ccc(OC(=O)Nc2ccc(Cl)c(Cl)c2)cc1. The maximum Gasteiger partial charge on any atom is 0.417 e. The van der Waals surface area contributed by atoms with Crippen molar-refractivity contribution in [2.45, 2.75) is 6.92 Å². The molecule has 2 rings (SSSR count). The zero-order valence-electron chi connectivity index (χ0n) is 11.0. The smallest absolute Gasteiger partial charge is 0.410 e. The number of benzene rings is 2. The van der Waals surface area contributed by atoms with Crippen LogP contribution in [0.5, 0.6) is 5.75 Å². The Morgan fingerprint density at radius 3 is 2.24 bits per heavy atom. The second kappa shape index (κ2) is 6.61. The Balaban J connectivity index is 2.01. The van der Waals surface area contributed by atoms with Gasteiger partial charge >= 0.3 is 6.09 Å². The van der Waals surface area contributed by atoms with Crippen LogP contribution in [0, 0.1) is 0 Å². The summed E-state index contributed by atoms with van der Waals surface area (Å²) in [5, 5.41) is 3.26. The van der Waals surface area contributed by atoms with Crippen molar-refractivity contribution < 1.29 is 14.3 Å². The highest BCUT2D eigenvalue weighted by Gasteiger charge is 2.07. The van der Waals surface area contributed by atoms with Gasteiger partial charge in [0.1, 0.15) is 5.75 Å². The van der Waals surface area contributed by atoms with Crippen LogP contribution in [0.1, 0.15) is 17.3 Å². The number of carbonyl (C=O) groups excluding carboxylic acids is 2. The number of ether oxygens (including phenoxy) is 1. The standard InChI is InChI=1S/C15H11Cl2NO3/c1-9(19)10-2-5-12(6-3-10)21-15(20)18-11-4-7-13(16)14(17)8-11/h2-8H,1H3,(H,18,20). The first-order chi connectivity index (χ1) is 9.95. The van der Waals surface area contributed by atoms with E-state index in [9.17, 15) is 9.59 Å². The van der Waals surface area contributed by atoms with E-state index in [1.807, 2.05) is 0 Å². The number of Topliss-reactive ketones (excluding diaryl/α,β-unsaturated/α-hetero) is 1. The molecule has 0 saturated carbocycles. The molecule has 0 spiro atoms. The van der Waals surface area contributed by atoms with E-state index in [1.165, 1.54) is 13.0 Å². The van der Waals surface area contributed by atoms with Crippen LogP contribution in [0.25, 0.3) is 0 Å². The number of anilines is 1. The summed E-state index contributed by atoms with van der Waals surface area (Å²) in [4.78, 5) is 22.9. The molecule has 0 aliphatic heterocycles. The Hall–Kier alpha value is -2.04. The van der Waals surface area contributed by atoms with Crippen LogP contribution >= 0.6 is 23.2 Å². The molecule has 0 saturated heterocycles. The molecule has 0 aromatic heterocycles. The van der Waals surface area contributed by atoms with Crippen molar-refractivity contribution in [1.82, 2.24) is 0 Å². The van der Waals surface area contributed by atoms with Gasteiger partial charge in [0.2, 0.25) is 0 Å². The second-order valence-corrected chi connectivity index (χ2v) is 5.04. The number of hydrogen-bond acceptors (Lipinski definition) is 3. The fourth-order valence-electron chi connectivity index (χ4n) is 1.58. The molecule has 21 heavy (non-hydrogen) atoms. The van der Waals surface area contributed by atoms with Crippen LogP contribution in [-0.2, 0) is 0 Å². The number of hydrogen-bond donors (Lipinski definition) is 1. The van der Waals surface area contributed by atoms with Crippen molar-refractivity contribution >= 4 is 40.8 Å². The molecule has 0 radical (unpaired) electrons. The molecule has 0 aliphatic rings. The second-order valence-electron chi connectivity index (χ2n) is 4.22. The molecule has 2 aromatic rings. The minimum Gasteiger partial charge on any atom is -0.410 e. The number of nitrogens with one attached hydrogen (secondary N) is 1. The average molecular weight is 324 g/mol. The lowest BCUT2D eigenvalue weighted by Crippen LogP contribution is -2.16. The van der Waals surface area contributed by atoms with Crippen LogP contribution < -0.4 is 10.1 Å². The highest BCUT2D eigenvalue weighted by Crippen LogP contribution is 2.25. The van der Waals surface area contributed by atoms with Crippen molar-refractivity contribution in [2.24, 2.45) is 0 Å². The molecule has 0 atom stereocenters. The van der Waals surface area contributed by atoms with Gasteiger partial charge in [0, 0.05) is 11.3 Å². The molecule has 0 bridgehead atoms. The zero-order valence-corrected chi connectivity index (χ0v) is 12.5. The Bertz CT molecular complexity index is 684. The lowest BCUT2D eigenvalue weighted by Gasteiger charge is -2.07. The van der Waals surface area contributed by atoms with E-state index in [0.717, 1.165) is 0 Å². The van der Waals surface area contributed by atoms with Gasteiger partial charge in [0.05, 0.1) is 10.0 Å². The molecule has 1 amide bonds. The van der Waals surface area contributed by atoms with Crippen LogP contribution in [-0.4, -0.2) is 11.9 Å². The van der Waals surface area contributed by atoms with E-state index in [1.54, 1.807) is 36.4 Å². The average Bonchev–Trinajstić information content (AvgIpc) is 2.43. The molecule has 0 heterocycles. The summed E-state index contributed by atoms with van der Waals surface area (Å²) in [6.45, 7) is 1.47. The topological polar surface area (TPSA) is 55.4 Å². The summed E-state index contributed by atoms with van der Waals surface area (Å²) in [6.07, 6.45) is -0.663. The van der Waals surface area contributed by atoms with Gasteiger partial charge in [-0.25, -0.2) is 4.79 Å². The van der Waals surface area contributed by atoms with E-state index >= 15 is 0 Å². The van der Waals surface area contributed by atoms with Crippen LogP contribution in [0.2, 0.25) is 10.0 Å². The Morgan fingerprint density at radius 2 is 1.67 bits per heavy atom. The van der Waals surface area contributed by atoms with Gasteiger partial charge in [0.15, 0.2) is 5.78 Å². The first-order valence-corrected chi connectivity index (χ1v) is 6.76. The zero-order chi connectivity index (χ0) is 15.4. The molecule has 0 unspecified atom stereocenters. The molecular weight excluding hydrogens is 313 g/mol. The summed E-state index contributed by atoms with van der Waals surface area (Å²) < 4.78 is 5.09. The number of rotatable bonds is 3. The molecule has 0 fully saturated rings. The van der Waals surface area contributed by atoms with Gasteiger partial charge < -0.3 is 4.74 Å². The van der Waals surface area contributed by atoms with Crippen molar-refractivity contribution in [3.8, 4) is 5.75 Å². The minimum atomic E-state index is -0.663. The van der Waals surface area contributed by atoms with E-state index in [-0.39, 0.29) is 5.78 Å². The third-order valence-electron chi connectivity index (χ3n) is 2.64. The highest BCUT2D eigenvalue weighted by atomic mass is 35.5. The maximum atomic E-state index is 11.7. The van der Waals surface area contributed by atoms with Crippen LogP contribution in [0.4, 0.5) is 10.5 Å². The number of carbonyl (C=O) groups is 2. The van der Waals surface area contributed by atoms with E-state index in [2.05, 4.69) is 5.32 Å². The summed E-state index contributed by atoms with van der Waals surface area (Å²) in [7, 11) is 0. The first-order valence-electron chi connectivity index (χ1n) is 6.00. The fraction of sp³-hybridized carbons (Fsp3) is 0.0667. The van der Waals surface area contributed by atoms with Gasteiger partial charge in [-0.3, -0.25) is 10.1 Å². The van der Waals surface area contributed by atoms with E-state index < -0.39 is 6.09 Å². The van der Waals surface area contributed by atoms with Gasteiger partial charge in [-0.05, 0) is 49.4 Å².